The van der Waals surface area contributed by atoms with Crippen molar-refractivity contribution in [3.63, 3.8) is 0 Å². The lowest BCUT2D eigenvalue weighted by atomic mass is 9.87. The molecule has 142 valence electrons. The van der Waals surface area contributed by atoms with E-state index in [0.717, 1.165) is 11.3 Å². The Balaban J connectivity index is 2.65. The molecular weight excluding hydrogens is 322 g/mol. The van der Waals surface area contributed by atoms with E-state index in [1.165, 1.54) is 5.57 Å². The average Bonchev–Trinajstić information content (AvgIpc) is 2.52. The summed E-state index contributed by atoms with van der Waals surface area (Å²) in [5, 5.41) is 3.37. The van der Waals surface area contributed by atoms with E-state index in [1.54, 1.807) is 12.1 Å². The van der Waals surface area contributed by atoms with E-state index in [-0.39, 0.29) is 11.4 Å². The van der Waals surface area contributed by atoms with Crippen LogP contribution in [-0.4, -0.2) is 18.1 Å². The Morgan fingerprint density at radius 3 is 2.12 bits per heavy atom. The van der Waals surface area contributed by atoms with Gasteiger partial charge in [0.25, 0.3) is 0 Å². The van der Waals surface area contributed by atoms with Gasteiger partial charge in [-0.05, 0) is 68.5 Å². The highest BCUT2D eigenvalue weighted by Crippen LogP contribution is 2.24. The van der Waals surface area contributed by atoms with Gasteiger partial charge in [0.2, 0.25) is 0 Å². The largest absolute Gasteiger partial charge is 0.456 e. The number of carbonyl (C=O) groups is 1. The first-order valence-corrected chi connectivity index (χ1v) is 9.02. The molecule has 1 aromatic carbocycles. The second-order valence-corrected chi connectivity index (χ2v) is 8.40. The zero-order chi connectivity index (χ0) is 20.0. The highest BCUT2D eigenvalue weighted by Gasteiger charge is 2.17. The molecule has 0 saturated heterocycles. The molecule has 0 aromatic heterocycles. The molecular formula is C23H33NO2. The zero-order valence-electron chi connectivity index (χ0n) is 17.3. The smallest absolute Gasteiger partial charge is 0.338 e. The number of esters is 1. The Morgan fingerprint density at radius 1 is 1.08 bits per heavy atom. The van der Waals surface area contributed by atoms with Gasteiger partial charge in [0.05, 0.1) is 5.56 Å². The van der Waals surface area contributed by atoms with Gasteiger partial charge in [-0.1, -0.05) is 45.6 Å². The van der Waals surface area contributed by atoms with Crippen molar-refractivity contribution in [1.29, 1.82) is 0 Å². The molecule has 3 nitrogen and oxygen atoms in total. The minimum atomic E-state index is -0.488. The first kappa shape index (κ1) is 21.8. The first-order valence-electron chi connectivity index (χ1n) is 9.02. The van der Waals surface area contributed by atoms with E-state index in [0.29, 0.717) is 12.1 Å². The zero-order valence-corrected chi connectivity index (χ0v) is 17.3. The van der Waals surface area contributed by atoms with Crippen LogP contribution in [0.2, 0.25) is 0 Å². The van der Waals surface area contributed by atoms with Crippen molar-refractivity contribution in [3.8, 4) is 0 Å². The molecule has 0 unspecified atom stereocenters. The van der Waals surface area contributed by atoms with Crippen LogP contribution in [-0.2, 0) is 4.74 Å². The van der Waals surface area contributed by atoms with E-state index in [4.69, 9.17) is 4.74 Å². The van der Waals surface area contributed by atoms with Gasteiger partial charge in [-0.3, -0.25) is 0 Å². The molecule has 0 fully saturated rings. The predicted molar refractivity (Wildman–Crippen MR) is 112 cm³/mol. The van der Waals surface area contributed by atoms with Gasteiger partial charge in [-0.15, -0.1) is 0 Å². The number of anilines is 1. The summed E-state index contributed by atoms with van der Waals surface area (Å²) < 4.78 is 5.38. The topological polar surface area (TPSA) is 38.3 Å². The normalized spacial score (nSPS) is 13.0. The molecule has 0 saturated carbocycles. The molecule has 0 aliphatic heterocycles. The first-order chi connectivity index (χ1) is 11.9. The summed E-state index contributed by atoms with van der Waals surface area (Å²) in [6.45, 7) is 18.9. The standard InChI is InChI=1S/C23H33NO2/c1-9-18(11-10-17(2)22(3,4)5)16-24-20-14-12-19(13-15-20)21(25)26-23(6,7)8/h9-15,24H,2,16H2,1,3-8H3. The summed E-state index contributed by atoms with van der Waals surface area (Å²) in [5.74, 6) is -0.304. The lowest BCUT2D eigenvalue weighted by molar-refractivity contribution is 0.00696. The van der Waals surface area contributed by atoms with Crippen LogP contribution >= 0.6 is 0 Å². The maximum absolute atomic E-state index is 12.0. The highest BCUT2D eigenvalue weighted by molar-refractivity contribution is 5.90. The molecule has 0 atom stereocenters. The van der Waals surface area contributed by atoms with Crippen LogP contribution in [0.4, 0.5) is 5.69 Å². The van der Waals surface area contributed by atoms with Crippen molar-refractivity contribution >= 4 is 11.7 Å². The van der Waals surface area contributed by atoms with Gasteiger partial charge >= 0.3 is 5.97 Å². The van der Waals surface area contributed by atoms with Crippen LogP contribution in [0.25, 0.3) is 0 Å². The molecule has 0 spiro atoms. The van der Waals surface area contributed by atoms with Crippen LogP contribution in [0.15, 0.2) is 60.2 Å². The summed E-state index contributed by atoms with van der Waals surface area (Å²) in [5.41, 5.74) is 3.36. The second-order valence-electron chi connectivity index (χ2n) is 8.40. The Morgan fingerprint density at radius 2 is 1.65 bits per heavy atom. The summed E-state index contributed by atoms with van der Waals surface area (Å²) in [6, 6.07) is 7.35. The molecule has 1 N–H and O–H groups in total. The second kappa shape index (κ2) is 8.88. The fourth-order valence-corrected chi connectivity index (χ4v) is 1.98. The molecule has 3 heteroatoms. The number of ether oxygens (including phenoxy) is 1. The van der Waals surface area contributed by atoms with Crippen molar-refractivity contribution in [3.05, 3.63) is 65.8 Å². The number of carbonyl (C=O) groups excluding carboxylic acids is 1. The quantitative estimate of drug-likeness (QED) is 0.490. The summed E-state index contributed by atoms with van der Waals surface area (Å²) >= 11 is 0. The van der Waals surface area contributed by atoms with Crippen molar-refractivity contribution in [2.45, 2.75) is 54.1 Å². The average molecular weight is 356 g/mol. The minimum absolute atomic E-state index is 0.0697. The Bertz CT molecular complexity index is 680. The van der Waals surface area contributed by atoms with Crippen molar-refractivity contribution in [2.24, 2.45) is 5.41 Å². The van der Waals surface area contributed by atoms with Crippen molar-refractivity contribution in [1.82, 2.24) is 0 Å². The lowest BCUT2D eigenvalue weighted by Crippen LogP contribution is -2.23. The Kier molecular flexibility index (Phi) is 7.43. The van der Waals surface area contributed by atoms with Gasteiger partial charge in [0.15, 0.2) is 0 Å². The third kappa shape index (κ3) is 7.73. The van der Waals surface area contributed by atoms with E-state index >= 15 is 0 Å². The van der Waals surface area contributed by atoms with Gasteiger partial charge in [-0.2, -0.15) is 0 Å². The van der Waals surface area contributed by atoms with Gasteiger partial charge in [0.1, 0.15) is 5.60 Å². The fraction of sp³-hybridized carbons (Fsp3) is 0.435. The summed E-state index contributed by atoms with van der Waals surface area (Å²) in [4.78, 5) is 12.0. The highest BCUT2D eigenvalue weighted by atomic mass is 16.6. The number of hydrogen-bond acceptors (Lipinski definition) is 3. The van der Waals surface area contributed by atoms with Crippen molar-refractivity contribution < 1.29 is 9.53 Å². The predicted octanol–water partition coefficient (Wildman–Crippen LogP) is 6.16. The minimum Gasteiger partial charge on any atom is -0.456 e. The summed E-state index contributed by atoms with van der Waals surface area (Å²) in [7, 11) is 0. The summed E-state index contributed by atoms with van der Waals surface area (Å²) in [6.07, 6.45) is 6.24. The number of hydrogen-bond donors (Lipinski definition) is 1. The van der Waals surface area contributed by atoms with Crippen LogP contribution in [0, 0.1) is 5.41 Å². The van der Waals surface area contributed by atoms with Crippen molar-refractivity contribution in [2.75, 3.05) is 11.9 Å². The molecule has 1 rings (SSSR count). The van der Waals surface area contributed by atoms with Gasteiger partial charge in [0, 0.05) is 12.2 Å². The van der Waals surface area contributed by atoms with E-state index < -0.39 is 5.60 Å². The van der Waals surface area contributed by atoms with Crippen LogP contribution < -0.4 is 5.32 Å². The third-order valence-corrected chi connectivity index (χ3v) is 3.85. The molecule has 0 amide bonds. The molecule has 0 heterocycles. The number of benzene rings is 1. The monoisotopic (exact) mass is 355 g/mol. The molecule has 0 aliphatic carbocycles. The number of allylic oxidation sites excluding steroid dienone is 3. The van der Waals surface area contributed by atoms with Crippen LogP contribution in [0.3, 0.4) is 0 Å². The Labute approximate surface area is 158 Å². The fourth-order valence-electron chi connectivity index (χ4n) is 1.98. The molecule has 0 radical (unpaired) electrons. The van der Waals surface area contributed by atoms with Crippen LogP contribution in [0.1, 0.15) is 58.8 Å². The Hall–Kier alpha value is -2.29. The van der Waals surface area contributed by atoms with E-state index in [2.05, 4.69) is 50.9 Å². The maximum Gasteiger partial charge on any atom is 0.338 e. The van der Waals surface area contributed by atoms with E-state index in [9.17, 15) is 4.79 Å². The molecule has 0 aliphatic rings. The molecule has 26 heavy (non-hydrogen) atoms. The SMILES string of the molecule is C=C(C=CC(=CC)CNc1ccc(C(=O)OC(C)(C)C)cc1)C(C)(C)C. The third-order valence-electron chi connectivity index (χ3n) is 3.85. The lowest BCUT2D eigenvalue weighted by Gasteiger charge is -2.19. The van der Waals surface area contributed by atoms with Gasteiger partial charge < -0.3 is 10.1 Å². The number of rotatable bonds is 6. The van der Waals surface area contributed by atoms with Gasteiger partial charge in [-0.25, -0.2) is 4.79 Å². The molecule has 0 bridgehead atoms. The molecule has 1 aromatic rings. The number of nitrogens with one attached hydrogen (secondary N) is 1. The maximum atomic E-state index is 12.0. The van der Waals surface area contributed by atoms with E-state index in [1.807, 2.05) is 39.8 Å². The van der Waals surface area contributed by atoms with Crippen LogP contribution in [0.5, 0.6) is 0 Å².